The molecule has 0 saturated heterocycles. The second kappa shape index (κ2) is 5.93. The maximum atomic E-state index is 5.49. The van der Waals surface area contributed by atoms with E-state index in [-0.39, 0.29) is 4.84 Å². The summed E-state index contributed by atoms with van der Waals surface area (Å²) in [5.41, 5.74) is 0. The van der Waals surface area contributed by atoms with Crippen LogP contribution < -0.4 is 0 Å². The Morgan fingerprint density at radius 2 is 2.12 bits per heavy atom. The molecule has 2 radical (unpaired) electrons. The molecule has 0 rings (SSSR count). The van der Waals surface area contributed by atoms with Crippen molar-refractivity contribution < 1.29 is 0 Å². The Kier molecular flexibility index (Phi) is 6.52. The fourth-order valence-corrected chi connectivity index (χ4v) is 1.82. The van der Waals surface area contributed by atoms with E-state index >= 15 is 0 Å². The topological polar surface area (TPSA) is 0 Å². The van der Waals surface area contributed by atoms with E-state index in [4.69, 9.17) is 23.2 Å². The predicted molar refractivity (Wildman–Crippen MR) is 41.2 cm³/mol. The summed E-state index contributed by atoms with van der Waals surface area (Å²) in [6.45, 7) is 2.17. The summed E-state index contributed by atoms with van der Waals surface area (Å²) in [4.78, 5) is -0.139. The summed E-state index contributed by atoms with van der Waals surface area (Å²) in [6, 6.07) is 2.24. The van der Waals surface area contributed by atoms with Crippen molar-refractivity contribution in [1.82, 2.24) is 0 Å². The SMILES string of the molecule is CCC[Si]CC(Cl)Cl. The third-order valence-corrected chi connectivity index (χ3v) is 3.10. The van der Waals surface area contributed by atoms with Crippen molar-refractivity contribution in [2.75, 3.05) is 0 Å². The first-order valence-electron chi connectivity index (χ1n) is 2.76. The van der Waals surface area contributed by atoms with Gasteiger partial charge in [-0.1, -0.05) is 19.4 Å². The number of alkyl halides is 2. The van der Waals surface area contributed by atoms with Crippen LogP contribution in [-0.2, 0) is 0 Å². The van der Waals surface area contributed by atoms with Gasteiger partial charge in [-0.15, -0.1) is 23.2 Å². The van der Waals surface area contributed by atoms with Gasteiger partial charge in [-0.25, -0.2) is 0 Å². The summed E-state index contributed by atoms with van der Waals surface area (Å²) in [5, 5.41) is 0. The summed E-state index contributed by atoms with van der Waals surface area (Å²) >= 11 is 11.0. The predicted octanol–water partition coefficient (Wildman–Crippen LogP) is 2.74. The van der Waals surface area contributed by atoms with Crippen molar-refractivity contribution in [2.45, 2.75) is 30.3 Å². The van der Waals surface area contributed by atoms with Crippen LogP contribution in [0.3, 0.4) is 0 Å². The van der Waals surface area contributed by atoms with Gasteiger partial charge in [0.2, 0.25) is 0 Å². The Bertz CT molecular complexity index is 47.7. The molecule has 0 aromatic heterocycles. The lowest BCUT2D eigenvalue weighted by Crippen LogP contribution is -1.93. The zero-order chi connectivity index (χ0) is 6.41. The van der Waals surface area contributed by atoms with Crippen molar-refractivity contribution in [2.24, 2.45) is 0 Å². The van der Waals surface area contributed by atoms with Gasteiger partial charge in [0.15, 0.2) is 0 Å². The van der Waals surface area contributed by atoms with Crippen molar-refractivity contribution in [3.05, 3.63) is 0 Å². The summed E-state index contributed by atoms with van der Waals surface area (Å²) in [7, 11) is 0.949. The molecule has 3 heteroatoms. The minimum Gasteiger partial charge on any atom is -0.106 e. The zero-order valence-electron chi connectivity index (χ0n) is 4.95. The van der Waals surface area contributed by atoms with Crippen LogP contribution in [0.1, 0.15) is 13.3 Å². The molecule has 0 spiro atoms. The van der Waals surface area contributed by atoms with Gasteiger partial charge in [-0.3, -0.25) is 0 Å². The first-order chi connectivity index (χ1) is 3.77. The highest BCUT2D eigenvalue weighted by molar-refractivity contribution is 6.49. The van der Waals surface area contributed by atoms with E-state index in [1.54, 1.807) is 0 Å². The summed E-state index contributed by atoms with van der Waals surface area (Å²) < 4.78 is 0. The minimum atomic E-state index is -0.139. The molecule has 0 N–H and O–H groups in total. The second-order valence-electron chi connectivity index (χ2n) is 1.60. The molecule has 0 aromatic carbocycles. The number of halogens is 2. The first kappa shape index (κ1) is 8.80. The average molecular weight is 169 g/mol. The number of hydrogen-bond acceptors (Lipinski definition) is 0. The monoisotopic (exact) mass is 168 g/mol. The fraction of sp³-hybridized carbons (Fsp3) is 1.00. The number of hydrogen-bond donors (Lipinski definition) is 0. The van der Waals surface area contributed by atoms with Crippen LogP contribution in [0.5, 0.6) is 0 Å². The van der Waals surface area contributed by atoms with Crippen LogP contribution in [-0.4, -0.2) is 14.4 Å². The van der Waals surface area contributed by atoms with Gasteiger partial charge in [0.25, 0.3) is 0 Å². The molecule has 0 nitrogen and oxygen atoms in total. The fourth-order valence-electron chi connectivity index (χ4n) is 0.388. The van der Waals surface area contributed by atoms with E-state index in [1.165, 1.54) is 12.5 Å². The average Bonchev–Trinajstić information content (AvgIpc) is 1.66. The highest BCUT2D eigenvalue weighted by atomic mass is 35.5. The molecule has 0 aromatic rings. The van der Waals surface area contributed by atoms with Gasteiger partial charge >= 0.3 is 0 Å². The van der Waals surface area contributed by atoms with Crippen molar-refractivity contribution in [3.63, 3.8) is 0 Å². The molecular weight excluding hydrogens is 159 g/mol. The lowest BCUT2D eigenvalue weighted by atomic mass is 10.6. The van der Waals surface area contributed by atoms with Crippen molar-refractivity contribution in [3.8, 4) is 0 Å². The molecule has 0 unspecified atom stereocenters. The smallest absolute Gasteiger partial charge is 0.105 e. The molecule has 0 aliphatic rings. The lowest BCUT2D eigenvalue weighted by Gasteiger charge is -1.95. The third kappa shape index (κ3) is 6.80. The zero-order valence-corrected chi connectivity index (χ0v) is 7.47. The van der Waals surface area contributed by atoms with Gasteiger partial charge < -0.3 is 0 Å². The van der Waals surface area contributed by atoms with Gasteiger partial charge in [-0.05, 0) is 6.04 Å². The Morgan fingerprint density at radius 3 is 2.50 bits per heavy atom. The molecule has 0 saturated carbocycles. The minimum absolute atomic E-state index is 0.139. The molecule has 8 heavy (non-hydrogen) atoms. The molecule has 0 fully saturated rings. The summed E-state index contributed by atoms with van der Waals surface area (Å²) in [6.07, 6.45) is 1.25. The van der Waals surface area contributed by atoms with E-state index in [2.05, 4.69) is 6.92 Å². The highest BCUT2D eigenvalue weighted by Gasteiger charge is 1.96. The molecule has 48 valence electrons. The molecule has 0 aliphatic carbocycles. The van der Waals surface area contributed by atoms with Gasteiger partial charge in [-0.2, -0.15) is 0 Å². The largest absolute Gasteiger partial charge is 0.106 e. The van der Waals surface area contributed by atoms with E-state index in [1.807, 2.05) is 0 Å². The van der Waals surface area contributed by atoms with E-state index in [0.717, 1.165) is 15.6 Å². The van der Waals surface area contributed by atoms with E-state index in [9.17, 15) is 0 Å². The Morgan fingerprint density at radius 1 is 1.50 bits per heavy atom. The summed E-state index contributed by atoms with van der Waals surface area (Å²) in [5.74, 6) is 0. The van der Waals surface area contributed by atoms with E-state index in [0.29, 0.717) is 0 Å². The second-order valence-corrected chi connectivity index (χ2v) is 4.28. The number of rotatable bonds is 4. The van der Waals surface area contributed by atoms with Crippen LogP contribution in [0.25, 0.3) is 0 Å². The maximum Gasteiger partial charge on any atom is 0.105 e. The van der Waals surface area contributed by atoms with Crippen LogP contribution in [0.4, 0.5) is 0 Å². The Hall–Kier alpha value is 0.797. The molecule has 0 amide bonds. The Labute approximate surface area is 63.4 Å². The van der Waals surface area contributed by atoms with Crippen LogP contribution >= 0.6 is 23.2 Å². The molecular formula is C5H10Cl2Si. The quantitative estimate of drug-likeness (QED) is 0.345. The molecule has 0 bridgehead atoms. The molecule has 0 aliphatic heterocycles. The van der Waals surface area contributed by atoms with Gasteiger partial charge in [0, 0.05) is 9.52 Å². The third-order valence-electron chi connectivity index (χ3n) is 0.725. The van der Waals surface area contributed by atoms with E-state index < -0.39 is 0 Å². The standard InChI is InChI=1S/C5H10Cl2Si/c1-2-3-8-4-5(6)7/h5H,2-4H2,1H3. The van der Waals surface area contributed by atoms with Gasteiger partial charge in [0.1, 0.15) is 4.84 Å². The van der Waals surface area contributed by atoms with Crippen LogP contribution in [0, 0.1) is 0 Å². The molecule has 0 atom stereocenters. The van der Waals surface area contributed by atoms with Crippen LogP contribution in [0.15, 0.2) is 0 Å². The molecule has 0 heterocycles. The normalized spacial score (nSPS) is 10.5. The van der Waals surface area contributed by atoms with Crippen molar-refractivity contribution in [1.29, 1.82) is 0 Å². The lowest BCUT2D eigenvalue weighted by molar-refractivity contribution is 1.06. The first-order valence-corrected chi connectivity index (χ1v) is 5.05. The Balaban J connectivity index is 2.72. The van der Waals surface area contributed by atoms with Crippen LogP contribution in [0.2, 0.25) is 12.1 Å². The van der Waals surface area contributed by atoms with Crippen molar-refractivity contribution >= 4 is 32.7 Å². The highest BCUT2D eigenvalue weighted by Crippen LogP contribution is 2.07. The van der Waals surface area contributed by atoms with Gasteiger partial charge in [0.05, 0.1) is 0 Å². The maximum absolute atomic E-state index is 5.49.